The number of aryl methyl sites for hydroxylation is 3. The summed E-state index contributed by atoms with van der Waals surface area (Å²) in [6.07, 6.45) is 0.894. The second-order valence-electron chi connectivity index (χ2n) is 4.49. The Hall–Kier alpha value is -1.77. The van der Waals surface area contributed by atoms with Crippen LogP contribution in [0.4, 0.5) is 5.82 Å². The summed E-state index contributed by atoms with van der Waals surface area (Å²) in [5.74, 6) is 1.77. The molecule has 0 atom stereocenters. The number of anilines is 1. The maximum absolute atomic E-state index is 6.12. The van der Waals surface area contributed by atoms with E-state index in [2.05, 4.69) is 44.0 Å². The van der Waals surface area contributed by atoms with Gasteiger partial charge in [0.2, 0.25) is 0 Å². The Morgan fingerprint density at radius 1 is 1.29 bits per heavy atom. The third-order valence-corrected chi connectivity index (χ3v) is 3.19. The lowest BCUT2D eigenvalue weighted by molar-refractivity contribution is 0.816. The van der Waals surface area contributed by atoms with Crippen molar-refractivity contribution in [2.75, 3.05) is 5.73 Å². The first-order valence-corrected chi connectivity index (χ1v) is 5.93. The molecule has 0 saturated heterocycles. The molecule has 1 aromatic heterocycles. The van der Waals surface area contributed by atoms with Crippen LogP contribution in [0.5, 0.6) is 0 Å². The lowest BCUT2D eigenvalue weighted by atomic mass is 10.0. The van der Waals surface area contributed by atoms with E-state index in [9.17, 15) is 0 Å². The van der Waals surface area contributed by atoms with Crippen LogP contribution in [0.3, 0.4) is 0 Å². The highest BCUT2D eigenvalue weighted by Gasteiger charge is 2.14. The van der Waals surface area contributed by atoms with E-state index in [1.54, 1.807) is 0 Å². The Labute approximate surface area is 102 Å². The van der Waals surface area contributed by atoms with Gasteiger partial charge in [0, 0.05) is 19.0 Å². The van der Waals surface area contributed by atoms with E-state index < -0.39 is 0 Å². The molecule has 2 aromatic rings. The standard InChI is InChI=1S/C14H19N3/c1-5-12-16-13(14(15)17(12)4)11-7-6-9(2)8-10(11)3/h6-8H,5,15H2,1-4H3. The summed E-state index contributed by atoms with van der Waals surface area (Å²) < 4.78 is 1.97. The molecule has 1 heterocycles. The SMILES string of the molecule is CCc1nc(-c2ccc(C)cc2C)c(N)n1C. The van der Waals surface area contributed by atoms with Gasteiger partial charge >= 0.3 is 0 Å². The predicted octanol–water partition coefficient (Wildman–Crippen LogP) is 2.85. The predicted molar refractivity (Wildman–Crippen MR) is 71.9 cm³/mol. The van der Waals surface area contributed by atoms with E-state index in [0.29, 0.717) is 0 Å². The fraction of sp³-hybridized carbons (Fsp3) is 0.357. The van der Waals surface area contributed by atoms with Crippen molar-refractivity contribution >= 4 is 5.82 Å². The minimum atomic E-state index is 0.744. The summed E-state index contributed by atoms with van der Waals surface area (Å²) in [4.78, 5) is 4.63. The van der Waals surface area contributed by atoms with Gasteiger partial charge in [-0.2, -0.15) is 0 Å². The summed E-state index contributed by atoms with van der Waals surface area (Å²) in [5, 5.41) is 0. The quantitative estimate of drug-likeness (QED) is 0.860. The Morgan fingerprint density at radius 3 is 2.53 bits per heavy atom. The number of nitrogens with two attached hydrogens (primary N) is 1. The first-order valence-electron chi connectivity index (χ1n) is 5.93. The highest BCUT2D eigenvalue weighted by atomic mass is 15.1. The minimum absolute atomic E-state index is 0.744. The highest BCUT2D eigenvalue weighted by molar-refractivity contribution is 5.73. The van der Waals surface area contributed by atoms with Gasteiger partial charge in [-0.25, -0.2) is 4.98 Å². The van der Waals surface area contributed by atoms with E-state index in [-0.39, 0.29) is 0 Å². The molecule has 1 aromatic carbocycles. The van der Waals surface area contributed by atoms with Gasteiger partial charge in [-0.05, 0) is 19.4 Å². The molecule has 3 heteroatoms. The van der Waals surface area contributed by atoms with Gasteiger partial charge in [0.15, 0.2) is 0 Å². The van der Waals surface area contributed by atoms with Crippen LogP contribution in [0.15, 0.2) is 18.2 Å². The van der Waals surface area contributed by atoms with Gasteiger partial charge in [0.25, 0.3) is 0 Å². The van der Waals surface area contributed by atoms with Crippen LogP contribution in [0, 0.1) is 13.8 Å². The number of aromatic nitrogens is 2. The Morgan fingerprint density at radius 2 is 2.00 bits per heavy atom. The summed E-state index contributed by atoms with van der Waals surface area (Å²) >= 11 is 0. The van der Waals surface area contributed by atoms with Crippen molar-refractivity contribution < 1.29 is 0 Å². The van der Waals surface area contributed by atoms with Crippen molar-refractivity contribution in [1.29, 1.82) is 0 Å². The molecule has 0 radical (unpaired) electrons. The van der Waals surface area contributed by atoms with Gasteiger partial charge in [-0.1, -0.05) is 30.7 Å². The number of nitrogens with zero attached hydrogens (tertiary/aromatic N) is 2. The van der Waals surface area contributed by atoms with E-state index in [4.69, 9.17) is 5.73 Å². The molecular weight excluding hydrogens is 210 g/mol. The molecular formula is C14H19N3. The second kappa shape index (κ2) is 4.24. The number of benzene rings is 1. The van der Waals surface area contributed by atoms with Gasteiger partial charge in [0.1, 0.15) is 17.3 Å². The Kier molecular flexibility index (Phi) is 2.92. The first kappa shape index (κ1) is 11.7. The van der Waals surface area contributed by atoms with Crippen LogP contribution < -0.4 is 5.73 Å². The van der Waals surface area contributed by atoms with E-state index >= 15 is 0 Å². The Bertz CT molecular complexity index is 553. The molecule has 0 amide bonds. The average Bonchev–Trinajstić information content (AvgIpc) is 2.57. The molecule has 2 N–H and O–H groups in total. The topological polar surface area (TPSA) is 43.8 Å². The lowest BCUT2D eigenvalue weighted by Crippen LogP contribution is -2.00. The van der Waals surface area contributed by atoms with Crippen molar-refractivity contribution in [3.63, 3.8) is 0 Å². The van der Waals surface area contributed by atoms with Crippen molar-refractivity contribution in [1.82, 2.24) is 9.55 Å². The number of hydrogen-bond donors (Lipinski definition) is 1. The minimum Gasteiger partial charge on any atom is -0.383 e. The van der Waals surface area contributed by atoms with Crippen LogP contribution in [-0.4, -0.2) is 9.55 Å². The molecule has 0 spiro atoms. The maximum atomic E-state index is 6.12. The van der Waals surface area contributed by atoms with Crippen molar-refractivity contribution in [3.8, 4) is 11.3 Å². The zero-order valence-corrected chi connectivity index (χ0v) is 10.9. The van der Waals surface area contributed by atoms with Gasteiger partial charge in [0.05, 0.1) is 0 Å². The van der Waals surface area contributed by atoms with Crippen LogP contribution in [0.1, 0.15) is 23.9 Å². The fourth-order valence-electron chi connectivity index (χ4n) is 2.15. The van der Waals surface area contributed by atoms with Crippen LogP contribution in [-0.2, 0) is 13.5 Å². The van der Waals surface area contributed by atoms with Crippen LogP contribution in [0.25, 0.3) is 11.3 Å². The van der Waals surface area contributed by atoms with Crippen LogP contribution >= 0.6 is 0 Å². The van der Waals surface area contributed by atoms with Crippen molar-refractivity contribution in [3.05, 3.63) is 35.2 Å². The second-order valence-corrected chi connectivity index (χ2v) is 4.49. The molecule has 0 aliphatic heterocycles. The molecule has 0 saturated carbocycles. The number of hydrogen-bond acceptors (Lipinski definition) is 2. The van der Waals surface area contributed by atoms with E-state index in [0.717, 1.165) is 29.3 Å². The summed E-state index contributed by atoms with van der Waals surface area (Å²) in [5.41, 5.74) is 10.6. The van der Waals surface area contributed by atoms with Gasteiger partial charge in [-0.15, -0.1) is 0 Å². The van der Waals surface area contributed by atoms with E-state index in [1.807, 2.05) is 11.6 Å². The third-order valence-electron chi connectivity index (χ3n) is 3.19. The zero-order chi connectivity index (χ0) is 12.6. The van der Waals surface area contributed by atoms with E-state index in [1.165, 1.54) is 11.1 Å². The molecule has 90 valence electrons. The number of rotatable bonds is 2. The summed E-state index contributed by atoms with van der Waals surface area (Å²) in [6, 6.07) is 6.36. The smallest absolute Gasteiger partial charge is 0.131 e. The normalized spacial score (nSPS) is 10.8. The zero-order valence-electron chi connectivity index (χ0n) is 10.9. The molecule has 2 rings (SSSR count). The van der Waals surface area contributed by atoms with Gasteiger partial charge in [-0.3, -0.25) is 0 Å². The summed E-state index contributed by atoms with van der Waals surface area (Å²) in [6.45, 7) is 6.28. The summed E-state index contributed by atoms with van der Waals surface area (Å²) in [7, 11) is 1.97. The molecule has 0 unspecified atom stereocenters. The average molecular weight is 229 g/mol. The molecule has 3 nitrogen and oxygen atoms in total. The number of nitrogen functional groups attached to an aromatic ring is 1. The number of imidazole rings is 1. The Balaban J connectivity index is 2.60. The third kappa shape index (κ3) is 1.93. The monoisotopic (exact) mass is 229 g/mol. The fourth-order valence-corrected chi connectivity index (χ4v) is 2.15. The maximum Gasteiger partial charge on any atom is 0.131 e. The molecule has 0 fully saturated rings. The molecule has 17 heavy (non-hydrogen) atoms. The van der Waals surface area contributed by atoms with Crippen molar-refractivity contribution in [2.45, 2.75) is 27.2 Å². The van der Waals surface area contributed by atoms with Crippen LogP contribution in [0.2, 0.25) is 0 Å². The first-order chi connectivity index (χ1) is 8.04. The van der Waals surface area contributed by atoms with Crippen molar-refractivity contribution in [2.24, 2.45) is 7.05 Å². The molecule has 0 aliphatic rings. The lowest BCUT2D eigenvalue weighted by Gasteiger charge is -2.05. The highest BCUT2D eigenvalue weighted by Crippen LogP contribution is 2.28. The largest absolute Gasteiger partial charge is 0.383 e. The molecule has 0 aliphatic carbocycles. The van der Waals surface area contributed by atoms with Gasteiger partial charge < -0.3 is 10.3 Å². The molecule has 0 bridgehead atoms.